The first kappa shape index (κ1) is 62.5. The van der Waals surface area contributed by atoms with Crippen molar-refractivity contribution in [2.45, 2.75) is 248 Å². The minimum Gasteiger partial charge on any atom is -0.394 e. The van der Waals surface area contributed by atoms with Crippen LogP contribution in [0.1, 0.15) is 174 Å². The zero-order valence-electron chi connectivity index (χ0n) is 42.3. The molecule has 12 atom stereocenters. The van der Waals surface area contributed by atoms with E-state index in [-0.39, 0.29) is 18.9 Å². The lowest BCUT2D eigenvalue weighted by atomic mass is 9.97. The first-order valence-corrected chi connectivity index (χ1v) is 26.7. The van der Waals surface area contributed by atoms with E-state index in [0.29, 0.717) is 6.42 Å². The third-order valence-corrected chi connectivity index (χ3v) is 12.6. The Hall–Kier alpha value is -2.57. The van der Waals surface area contributed by atoms with E-state index in [1.807, 2.05) is 6.08 Å². The molecule has 0 bridgehead atoms. The molecular formula is C55H95NO13. The fraction of sp³-hybridized carbons (Fsp3) is 0.764. The molecule has 2 rings (SSSR count). The van der Waals surface area contributed by atoms with Crippen molar-refractivity contribution in [2.24, 2.45) is 0 Å². The summed E-state index contributed by atoms with van der Waals surface area (Å²) in [6.45, 7) is 2.64. The van der Waals surface area contributed by atoms with Crippen molar-refractivity contribution in [1.82, 2.24) is 5.32 Å². The number of aliphatic hydroxyl groups is 8. The van der Waals surface area contributed by atoms with Gasteiger partial charge >= 0.3 is 0 Å². The molecule has 0 saturated carbocycles. The molecule has 2 heterocycles. The lowest BCUT2D eigenvalue weighted by Gasteiger charge is -2.46. The highest BCUT2D eigenvalue weighted by Gasteiger charge is 2.51. The second kappa shape index (κ2) is 41.0. The molecule has 2 saturated heterocycles. The largest absolute Gasteiger partial charge is 0.394 e. The molecule has 0 aliphatic carbocycles. The predicted molar refractivity (Wildman–Crippen MR) is 272 cm³/mol. The fourth-order valence-electron chi connectivity index (χ4n) is 8.32. The Morgan fingerprint density at radius 3 is 1.54 bits per heavy atom. The molecule has 1 amide bonds. The summed E-state index contributed by atoms with van der Waals surface area (Å²) in [6.07, 6.45) is 35.1. The highest BCUT2D eigenvalue weighted by Crippen LogP contribution is 2.30. The Labute approximate surface area is 415 Å². The highest BCUT2D eigenvalue weighted by atomic mass is 16.7. The number of allylic oxidation sites excluding steroid dienone is 11. The van der Waals surface area contributed by atoms with Crippen molar-refractivity contribution >= 4 is 5.91 Å². The van der Waals surface area contributed by atoms with Crippen LogP contribution in [0.3, 0.4) is 0 Å². The number of unbranched alkanes of at least 4 members (excludes halogenated alkanes) is 17. The molecule has 14 nitrogen and oxygen atoms in total. The Kier molecular flexibility index (Phi) is 37.1. The third-order valence-electron chi connectivity index (χ3n) is 12.6. The van der Waals surface area contributed by atoms with E-state index in [9.17, 15) is 45.6 Å². The van der Waals surface area contributed by atoms with Crippen LogP contribution >= 0.6 is 0 Å². The standard InChI is InChI=1S/C55H95NO13/c1-3-5-7-9-11-13-15-17-18-19-20-21-22-23-24-25-26-27-29-31-33-35-37-39-47(60)56-43(44(59)38-36-34-32-30-28-16-14-12-10-8-6-4-2)42-66-54-52(65)50(63)53(46(41-58)68-54)69-55-51(64)49(62)48(61)45(40-57)67-55/h5,7,11,13,17-18,20-21,23-24,36,38,43-46,48-55,57-59,61-65H,3-4,6,8-10,12,14-16,19,22,25-35,37,39-42H2,1-2H3,(H,56,60)/b7-5-,13-11-,18-17-,21-20-,24-23-,38-36+. The van der Waals surface area contributed by atoms with Crippen molar-refractivity contribution in [3.63, 3.8) is 0 Å². The summed E-state index contributed by atoms with van der Waals surface area (Å²) < 4.78 is 22.7. The second-order valence-corrected chi connectivity index (χ2v) is 18.6. The maximum atomic E-state index is 13.2. The monoisotopic (exact) mass is 978 g/mol. The van der Waals surface area contributed by atoms with Crippen LogP contribution in [-0.4, -0.2) is 140 Å². The summed E-state index contributed by atoms with van der Waals surface area (Å²) >= 11 is 0. The Morgan fingerprint density at radius 1 is 0.536 bits per heavy atom. The van der Waals surface area contributed by atoms with Crippen molar-refractivity contribution in [1.29, 1.82) is 0 Å². The topological polar surface area (TPSA) is 228 Å². The zero-order valence-corrected chi connectivity index (χ0v) is 42.3. The van der Waals surface area contributed by atoms with Gasteiger partial charge in [0.25, 0.3) is 0 Å². The Bertz CT molecular complexity index is 1430. The molecule has 12 unspecified atom stereocenters. The maximum Gasteiger partial charge on any atom is 0.220 e. The first-order chi connectivity index (χ1) is 33.6. The summed E-state index contributed by atoms with van der Waals surface area (Å²) in [5.41, 5.74) is 0. The molecule has 0 aromatic heterocycles. The molecule has 9 N–H and O–H groups in total. The van der Waals surface area contributed by atoms with Gasteiger partial charge in [-0.05, 0) is 64.2 Å². The van der Waals surface area contributed by atoms with Crippen LogP contribution in [0.2, 0.25) is 0 Å². The molecule has 0 radical (unpaired) electrons. The number of carbonyl (C=O) groups is 1. The minimum atomic E-state index is -1.79. The molecule has 0 aromatic rings. The molecule has 2 fully saturated rings. The average molecular weight is 978 g/mol. The lowest BCUT2D eigenvalue weighted by molar-refractivity contribution is -0.359. The normalized spacial score (nSPS) is 26.8. The number of hydrogen-bond acceptors (Lipinski definition) is 13. The van der Waals surface area contributed by atoms with Crippen molar-refractivity contribution in [3.8, 4) is 0 Å². The van der Waals surface area contributed by atoms with Gasteiger partial charge < -0.3 is 65.1 Å². The molecule has 398 valence electrons. The number of nitrogens with one attached hydrogen (secondary N) is 1. The molecule has 0 aromatic carbocycles. The van der Waals surface area contributed by atoms with E-state index >= 15 is 0 Å². The second-order valence-electron chi connectivity index (χ2n) is 18.6. The molecule has 0 spiro atoms. The van der Waals surface area contributed by atoms with Crippen LogP contribution in [0.15, 0.2) is 72.9 Å². The zero-order chi connectivity index (χ0) is 50.3. The number of hydrogen-bond donors (Lipinski definition) is 9. The van der Waals surface area contributed by atoms with Crippen LogP contribution in [-0.2, 0) is 23.7 Å². The number of aliphatic hydroxyl groups excluding tert-OH is 8. The Morgan fingerprint density at radius 2 is 1.00 bits per heavy atom. The highest BCUT2D eigenvalue weighted by molar-refractivity contribution is 5.76. The van der Waals surface area contributed by atoms with E-state index in [1.54, 1.807) is 6.08 Å². The molecule has 69 heavy (non-hydrogen) atoms. The molecular weight excluding hydrogens is 883 g/mol. The summed E-state index contributed by atoms with van der Waals surface area (Å²) in [7, 11) is 0. The minimum absolute atomic E-state index is 0.255. The van der Waals surface area contributed by atoms with Crippen molar-refractivity contribution in [2.75, 3.05) is 19.8 Å². The van der Waals surface area contributed by atoms with E-state index in [2.05, 4.69) is 79.9 Å². The van der Waals surface area contributed by atoms with E-state index in [0.717, 1.165) is 89.9 Å². The smallest absolute Gasteiger partial charge is 0.220 e. The SMILES string of the molecule is CC/C=C\C/C=C\C/C=C\C/C=C\C/C=C\CCCCCCCCCC(=O)NC(COC1OC(CO)C(OC2OC(CO)C(O)C(O)C2O)C(O)C1O)C(O)/C=C/CCCCCCCCCCCC. The van der Waals surface area contributed by atoms with Crippen LogP contribution in [0.5, 0.6) is 0 Å². The number of amides is 1. The van der Waals surface area contributed by atoms with Gasteiger partial charge in [0.05, 0.1) is 32.0 Å². The van der Waals surface area contributed by atoms with Gasteiger partial charge in [-0.2, -0.15) is 0 Å². The van der Waals surface area contributed by atoms with Crippen LogP contribution in [0.4, 0.5) is 0 Å². The van der Waals surface area contributed by atoms with Crippen molar-refractivity contribution < 1.29 is 64.6 Å². The molecule has 2 aliphatic heterocycles. The van der Waals surface area contributed by atoms with Gasteiger partial charge in [-0.25, -0.2) is 0 Å². The quantitative estimate of drug-likeness (QED) is 0.0213. The van der Waals surface area contributed by atoms with Gasteiger partial charge in [0.1, 0.15) is 48.8 Å². The maximum absolute atomic E-state index is 13.2. The van der Waals surface area contributed by atoms with Crippen LogP contribution in [0.25, 0.3) is 0 Å². The van der Waals surface area contributed by atoms with E-state index < -0.39 is 86.8 Å². The first-order valence-electron chi connectivity index (χ1n) is 26.7. The Balaban J connectivity index is 1.80. The summed E-state index contributed by atoms with van der Waals surface area (Å²) in [4.78, 5) is 13.2. The number of carbonyl (C=O) groups excluding carboxylic acids is 1. The summed E-state index contributed by atoms with van der Waals surface area (Å²) in [6, 6.07) is -0.923. The summed E-state index contributed by atoms with van der Waals surface area (Å²) in [5.74, 6) is -0.255. The van der Waals surface area contributed by atoms with Gasteiger partial charge in [-0.15, -0.1) is 0 Å². The third kappa shape index (κ3) is 27.7. The van der Waals surface area contributed by atoms with Crippen LogP contribution < -0.4 is 5.32 Å². The van der Waals surface area contributed by atoms with Gasteiger partial charge in [-0.1, -0.05) is 177 Å². The van der Waals surface area contributed by atoms with Gasteiger partial charge in [-0.3, -0.25) is 4.79 Å². The summed E-state index contributed by atoms with van der Waals surface area (Å²) in [5, 5.41) is 86.8. The van der Waals surface area contributed by atoms with E-state index in [1.165, 1.54) is 57.8 Å². The lowest BCUT2D eigenvalue weighted by Crippen LogP contribution is -2.65. The van der Waals surface area contributed by atoms with Gasteiger partial charge in [0.2, 0.25) is 5.91 Å². The fourth-order valence-corrected chi connectivity index (χ4v) is 8.32. The van der Waals surface area contributed by atoms with Crippen molar-refractivity contribution in [3.05, 3.63) is 72.9 Å². The van der Waals surface area contributed by atoms with Gasteiger partial charge in [0, 0.05) is 6.42 Å². The number of rotatable bonds is 40. The van der Waals surface area contributed by atoms with Crippen LogP contribution in [0, 0.1) is 0 Å². The average Bonchev–Trinajstić information content (AvgIpc) is 3.35. The van der Waals surface area contributed by atoms with Gasteiger partial charge in [0.15, 0.2) is 12.6 Å². The molecule has 14 heteroatoms. The van der Waals surface area contributed by atoms with E-state index in [4.69, 9.17) is 18.9 Å². The predicted octanol–water partition coefficient (Wildman–Crippen LogP) is 7.60. The molecule has 2 aliphatic rings. The number of ether oxygens (including phenoxy) is 4.